The van der Waals surface area contributed by atoms with E-state index in [4.69, 9.17) is 4.74 Å². The van der Waals surface area contributed by atoms with Crippen LogP contribution in [0.25, 0.3) is 0 Å². The third-order valence-corrected chi connectivity index (χ3v) is 4.67. The smallest absolute Gasteiger partial charge is 0.122 e. The number of benzene rings is 1. The average Bonchev–Trinajstić information content (AvgIpc) is 3.17. The van der Waals surface area contributed by atoms with E-state index in [1.165, 1.54) is 37.1 Å². The normalized spacial score (nSPS) is 22.5. The molecule has 0 unspecified atom stereocenters. The molecule has 0 radical (unpaired) electrons. The number of ether oxygens (including phenoxy) is 1. The summed E-state index contributed by atoms with van der Waals surface area (Å²) in [4.78, 5) is 2.69. The first-order valence-corrected chi connectivity index (χ1v) is 7.62. The lowest BCUT2D eigenvalue weighted by Crippen LogP contribution is -2.45. The van der Waals surface area contributed by atoms with Gasteiger partial charge in [-0.2, -0.15) is 0 Å². The maximum absolute atomic E-state index is 5.63. The molecule has 1 atom stereocenters. The molecule has 2 aliphatic heterocycles. The predicted octanol–water partition coefficient (Wildman–Crippen LogP) is 2.82. The van der Waals surface area contributed by atoms with Crippen molar-refractivity contribution in [2.24, 2.45) is 5.92 Å². The van der Waals surface area contributed by atoms with E-state index in [2.05, 4.69) is 28.4 Å². The Bertz CT molecular complexity index is 473. The molecule has 3 nitrogen and oxygen atoms in total. The van der Waals surface area contributed by atoms with Crippen LogP contribution in [-0.4, -0.2) is 37.7 Å². The minimum absolute atomic E-state index is 0. The van der Waals surface area contributed by atoms with Crippen molar-refractivity contribution >= 4 is 24.8 Å². The van der Waals surface area contributed by atoms with Crippen molar-refractivity contribution in [1.29, 1.82) is 0 Å². The van der Waals surface area contributed by atoms with Crippen LogP contribution < -0.4 is 10.1 Å². The molecule has 1 aliphatic carbocycles. The monoisotopic (exact) mass is 330 g/mol. The van der Waals surface area contributed by atoms with Gasteiger partial charge in [0, 0.05) is 38.6 Å². The number of rotatable bonds is 3. The van der Waals surface area contributed by atoms with Crippen molar-refractivity contribution in [2.45, 2.75) is 25.3 Å². The van der Waals surface area contributed by atoms with Crippen molar-refractivity contribution in [3.8, 4) is 5.75 Å². The summed E-state index contributed by atoms with van der Waals surface area (Å²) in [6.07, 6.45) is 3.90. The van der Waals surface area contributed by atoms with Gasteiger partial charge in [-0.15, -0.1) is 24.8 Å². The maximum atomic E-state index is 5.63. The van der Waals surface area contributed by atoms with Crippen molar-refractivity contribution in [3.63, 3.8) is 0 Å². The van der Waals surface area contributed by atoms with Crippen LogP contribution in [0.15, 0.2) is 18.2 Å². The molecule has 2 fully saturated rings. The molecule has 1 saturated heterocycles. The minimum Gasteiger partial charge on any atom is -0.493 e. The van der Waals surface area contributed by atoms with E-state index in [9.17, 15) is 0 Å². The molecule has 118 valence electrons. The third-order valence-electron chi connectivity index (χ3n) is 4.67. The zero-order valence-electron chi connectivity index (χ0n) is 12.2. The Morgan fingerprint density at radius 3 is 2.62 bits per heavy atom. The standard InChI is InChI=1S/C16H22N2O.2ClH/c1-2-12(1)16(18-8-6-17-7-9-18)14-3-4-15-13(11-14)5-10-19-15;;/h3-4,11-12,16-17H,1-2,5-10H2;2*1H/t16-;;/m0../s1. The van der Waals surface area contributed by atoms with E-state index in [1.54, 1.807) is 0 Å². The minimum atomic E-state index is 0. The van der Waals surface area contributed by atoms with Crippen molar-refractivity contribution in [1.82, 2.24) is 10.2 Å². The van der Waals surface area contributed by atoms with Crippen LogP contribution in [-0.2, 0) is 6.42 Å². The molecule has 0 amide bonds. The molecular weight excluding hydrogens is 307 g/mol. The fourth-order valence-electron chi connectivity index (χ4n) is 3.54. The number of fused-ring (bicyclic) bond motifs is 1. The fraction of sp³-hybridized carbons (Fsp3) is 0.625. The topological polar surface area (TPSA) is 24.5 Å². The summed E-state index contributed by atoms with van der Waals surface area (Å²) >= 11 is 0. The van der Waals surface area contributed by atoms with Crippen LogP contribution >= 0.6 is 24.8 Å². The molecule has 0 bridgehead atoms. The second-order valence-corrected chi connectivity index (χ2v) is 6.03. The van der Waals surface area contributed by atoms with Gasteiger partial charge in [-0.25, -0.2) is 0 Å². The number of hydrogen-bond donors (Lipinski definition) is 1. The summed E-state index contributed by atoms with van der Waals surface area (Å²) in [6.45, 7) is 5.51. The van der Waals surface area contributed by atoms with Gasteiger partial charge in [-0.3, -0.25) is 4.90 Å². The van der Waals surface area contributed by atoms with E-state index < -0.39 is 0 Å². The zero-order valence-corrected chi connectivity index (χ0v) is 13.8. The molecule has 0 aromatic heterocycles. The van der Waals surface area contributed by atoms with Gasteiger partial charge < -0.3 is 10.1 Å². The Hall–Kier alpha value is -0.480. The molecule has 0 spiro atoms. The lowest BCUT2D eigenvalue weighted by atomic mass is 9.97. The van der Waals surface area contributed by atoms with Crippen LogP contribution in [0.1, 0.15) is 30.0 Å². The Labute approximate surface area is 139 Å². The van der Waals surface area contributed by atoms with E-state index in [0.29, 0.717) is 6.04 Å². The van der Waals surface area contributed by atoms with Gasteiger partial charge in [0.25, 0.3) is 0 Å². The van der Waals surface area contributed by atoms with Crippen LogP contribution in [0.4, 0.5) is 0 Å². The number of halogens is 2. The number of nitrogens with zero attached hydrogens (tertiary/aromatic N) is 1. The van der Waals surface area contributed by atoms with E-state index in [-0.39, 0.29) is 24.8 Å². The molecule has 3 aliphatic rings. The van der Waals surface area contributed by atoms with Crippen molar-refractivity contribution < 1.29 is 4.74 Å². The summed E-state index contributed by atoms with van der Waals surface area (Å²) in [5, 5.41) is 3.46. The highest BCUT2D eigenvalue weighted by Crippen LogP contribution is 2.45. The van der Waals surface area contributed by atoms with Crippen LogP contribution in [0.3, 0.4) is 0 Å². The third kappa shape index (κ3) is 3.48. The molecule has 21 heavy (non-hydrogen) atoms. The SMILES string of the molecule is Cl.Cl.c1cc2c(cc1[C@H](C1CC1)N1CCNCC1)CCO2. The Morgan fingerprint density at radius 2 is 1.90 bits per heavy atom. The van der Waals surface area contributed by atoms with E-state index in [1.807, 2.05) is 0 Å². The Kier molecular flexibility index (Phi) is 5.78. The average molecular weight is 331 g/mol. The number of nitrogens with one attached hydrogen (secondary N) is 1. The number of piperazine rings is 1. The summed E-state index contributed by atoms with van der Waals surface area (Å²) in [5.41, 5.74) is 2.94. The first-order chi connectivity index (χ1) is 9.42. The Morgan fingerprint density at radius 1 is 1.14 bits per heavy atom. The highest BCUT2D eigenvalue weighted by Gasteiger charge is 2.37. The molecule has 1 aromatic rings. The quantitative estimate of drug-likeness (QED) is 0.922. The lowest BCUT2D eigenvalue weighted by molar-refractivity contribution is 0.156. The second kappa shape index (κ2) is 7.19. The van der Waals surface area contributed by atoms with Gasteiger partial charge in [-0.05, 0) is 36.0 Å². The van der Waals surface area contributed by atoms with E-state index >= 15 is 0 Å². The number of hydrogen-bond acceptors (Lipinski definition) is 3. The molecular formula is C16H24Cl2N2O. The van der Waals surface area contributed by atoms with Gasteiger partial charge in [0.05, 0.1) is 6.61 Å². The van der Waals surface area contributed by atoms with Gasteiger partial charge in [-0.1, -0.05) is 12.1 Å². The maximum Gasteiger partial charge on any atom is 0.122 e. The first-order valence-electron chi connectivity index (χ1n) is 7.62. The van der Waals surface area contributed by atoms with E-state index in [0.717, 1.165) is 37.8 Å². The Balaban J connectivity index is 0.000000807. The molecule has 5 heteroatoms. The largest absolute Gasteiger partial charge is 0.493 e. The van der Waals surface area contributed by atoms with Gasteiger partial charge in [0.2, 0.25) is 0 Å². The second-order valence-electron chi connectivity index (χ2n) is 6.03. The zero-order chi connectivity index (χ0) is 12.7. The summed E-state index contributed by atoms with van der Waals surface area (Å²) in [5.74, 6) is 2.00. The summed E-state index contributed by atoms with van der Waals surface area (Å²) < 4.78 is 5.63. The predicted molar refractivity (Wildman–Crippen MR) is 90.0 cm³/mol. The van der Waals surface area contributed by atoms with Crippen LogP contribution in [0.2, 0.25) is 0 Å². The molecule has 2 heterocycles. The van der Waals surface area contributed by atoms with Crippen molar-refractivity contribution in [3.05, 3.63) is 29.3 Å². The lowest BCUT2D eigenvalue weighted by Gasteiger charge is -2.35. The highest BCUT2D eigenvalue weighted by atomic mass is 35.5. The van der Waals surface area contributed by atoms with Gasteiger partial charge in [0.15, 0.2) is 0 Å². The molecule has 4 rings (SSSR count). The summed E-state index contributed by atoms with van der Waals surface area (Å²) in [6, 6.07) is 7.55. The summed E-state index contributed by atoms with van der Waals surface area (Å²) in [7, 11) is 0. The molecule has 1 N–H and O–H groups in total. The van der Waals surface area contributed by atoms with Gasteiger partial charge >= 0.3 is 0 Å². The van der Waals surface area contributed by atoms with Crippen LogP contribution in [0, 0.1) is 5.92 Å². The first kappa shape index (κ1) is 16.9. The fourth-order valence-corrected chi connectivity index (χ4v) is 3.54. The molecule has 1 saturated carbocycles. The van der Waals surface area contributed by atoms with Crippen molar-refractivity contribution in [2.75, 3.05) is 32.8 Å². The molecule has 1 aromatic carbocycles. The highest BCUT2D eigenvalue weighted by molar-refractivity contribution is 5.85. The van der Waals surface area contributed by atoms with Crippen LogP contribution in [0.5, 0.6) is 5.75 Å². The van der Waals surface area contributed by atoms with Gasteiger partial charge in [0.1, 0.15) is 5.75 Å².